The van der Waals surface area contributed by atoms with Crippen LogP contribution in [-0.2, 0) is 4.79 Å². The van der Waals surface area contributed by atoms with Gasteiger partial charge in [0.2, 0.25) is 5.91 Å². The van der Waals surface area contributed by atoms with Crippen LogP contribution in [0.3, 0.4) is 0 Å². The molecule has 0 radical (unpaired) electrons. The lowest BCUT2D eigenvalue weighted by atomic mass is 9.75. The minimum atomic E-state index is -0.184. The van der Waals surface area contributed by atoms with Crippen LogP contribution in [0.5, 0.6) is 5.75 Å². The van der Waals surface area contributed by atoms with E-state index in [0.29, 0.717) is 17.2 Å². The first-order valence-electron chi connectivity index (χ1n) is 11.7. The van der Waals surface area contributed by atoms with E-state index in [2.05, 4.69) is 10.3 Å². The Morgan fingerprint density at radius 3 is 2.70 bits per heavy atom. The molecule has 2 N–H and O–H groups in total. The van der Waals surface area contributed by atoms with E-state index in [1.807, 2.05) is 30.5 Å². The van der Waals surface area contributed by atoms with Gasteiger partial charge in [0.1, 0.15) is 18.2 Å². The van der Waals surface area contributed by atoms with Crippen molar-refractivity contribution < 1.29 is 19.0 Å². The molecule has 2 aliphatic rings. The van der Waals surface area contributed by atoms with E-state index in [1.54, 1.807) is 25.1 Å². The molecule has 1 spiro atoms. The summed E-state index contributed by atoms with van der Waals surface area (Å²) in [5.41, 5.74) is 3.51. The van der Waals surface area contributed by atoms with E-state index >= 15 is 0 Å². The molecule has 1 heterocycles. The van der Waals surface area contributed by atoms with Gasteiger partial charge in [0.05, 0.1) is 12.1 Å². The van der Waals surface area contributed by atoms with Crippen LogP contribution in [0.25, 0.3) is 10.9 Å². The van der Waals surface area contributed by atoms with Crippen LogP contribution in [0.4, 0.5) is 10.1 Å². The third kappa shape index (κ3) is 4.32. The van der Waals surface area contributed by atoms with Crippen molar-refractivity contribution in [2.45, 2.75) is 44.9 Å². The van der Waals surface area contributed by atoms with Crippen molar-refractivity contribution >= 4 is 22.5 Å². The number of anilines is 1. The van der Waals surface area contributed by atoms with E-state index in [4.69, 9.17) is 9.84 Å². The molecule has 1 amide bonds. The summed E-state index contributed by atoms with van der Waals surface area (Å²) in [6, 6.07) is 12.7. The molecule has 1 aromatic heterocycles. The van der Waals surface area contributed by atoms with Crippen LogP contribution < -0.4 is 10.1 Å². The Morgan fingerprint density at radius 1 is 1.21 bits per heavy atom. The normalized spacial score (nSPS) is 24.1. The number of hydrogen-bond acceptors (Lipinski definition) is 4. The highest BCUT2D eigenvalue weighted by atomic mass is 19.1. The Hall–Kier alpha value is -2.99. The third-order valence-electron chi connectivity index (χ3n) is 7.46. The SMILES string of the molecule is Cc1cc2nccc(C3CCC4(CC3)CC4C(=O)Nc3ccc(OCCO)cc3)c2cc1F. The first kappa shape index (κ1) is 21.8. The summed E-state index contributed by atoms with van der Waals surface area (Å²) in [5, 5.41) is 12.8. The highest BCUT2D eigenvalue weighted by molar-refractivity contribution is 5.95. The number of halogens is 1. The fourth-order valence-corrected chi connectivity index (χ4v) is 5.45. The van der Waals surface area contributed by atoms with Crippen molar-refractivity contribution in [3.05, 3.63) is 65.6 Å². The predicted molar refractivity (Wildman–Crippen MR) is 126 cm³/mol. The number of nitrogens with one attached hydrogen (secondary N) is 1. The van der Waals surface area contributed by atoms with Crippen molar-refractivity contribution in [1.82, 2.24) is 4.98 Å². The monoisotopic (exact) mass is 448 g/mol. The van der Waals surface area contributed by atoms with Gasteiger partial charge in [-0.3, -0.25) is 9.78 Å². The van der Waals surface area contributed by atoms with Gasteiger partial charge in [-0.2, -0.15) is 0 Å². The number of hydrogen-bond donors (Lipinski definition) is 2. The van der Waals surface area contributed by atoms with Crippen LogP contribution in [0.1, 0.15) is 49.1 Å². The number of carbonyl (C=O) groups excluding carboxylic acids is 1. The molecule has 2 aromatic carbocycles. The van der Waals surface area contributed by atoms with E-state index < -0.39 is 0 Å². The molecule has 6 heteroatoms. The molecule has 2 saturated carbocycles. The van der Waals surface area contributed by atoms with Gasteiger partial charge >= 0.3 is 0 Å². The molecular weight excluding hydrogens is 419 g/mol. The summed E-state index contributed by atoms with van der Waals surface area (Å²) in [5.74, 6) is 0.999. The smallest absolute Gasteiger partial charge is 0.228 e. The maximum Gasteiger partial charge on any atom is 0.228 e. The highest BCUT2D eigenvalue weighted by Gasteiger charge is 2.58. The van der Waals surface area contributed by atoms with Crippen molar-refractivity contribution in [2.75, 3.05) is 18.5 Å². The zero-order chi connectivity index (χ0) is 23.0. The molecule has 0 saturated heterocycles. The van der Waals surface area contributed by atoms with Crippen LogP contribution >= 0.6 is 0 Å². The summed E-state index contributed by atoms with van der Waals surface area (Å²) in [4.78, 5) is 17.3. The largest absolute Gasteiger partial charge is 0.491 e. The molecular formula is C27H29FN2O3. The average Bonchev–Trinajstić information content (AvgIpc) is 3.53. The highest BCUT2D eigenvalue weighted by Crippen LogP contribution is 2.63. The van der Waals surface area contributed by atoms with Crippen molar-refractivity contribution in [3.8, 4) is 5.75 Å². The molecule has 5 nitrogen and oxygen atoms in total. The lowest BCUT2D eigenvalue weighted by Crippen LogP contribution is -2.22. The molecule has 0 bridgehead atoms. The summed E-state index contributed by atoms with van der Waals surface area (Å²) >= 11 is 0. The van der Waals surface area contributed by atoms with Gasteiger partial charge in [0.15, 0.2) is 0 Å². The molecule has 2 fully saturated rings. The molecule has 1 atom stereocenters. The Morgan fingerprint density at radius 2 is 1.97 bits per heavy atom. The fraction of sp³-hybridized carbons (Fsp3) is 0.407. The molecule has 2 aliphatic carbocycles. The Kier molecular flexibility index (Phi) is 5.79. The molecule has 33 heavy (non-hydrogen) atoms. The summed E-state index contributed by atoms with van der Waals surface area (Å²) in [7, 11) is 0. The van der Waals surface area contributed by atoms with Crippen molar-refractivity contribution in [1.29, 1.82) is 0 Å². The standard InChI is InChI=1S/C27H29FN2O3/c1-17-14-25-22(15-24(17)28)21(8-11-29-25)18-6-9-27(10-7-18)16-23(27)26(32)30-19-2-4-20(5-3-19)33-13-12-31/h2-5,8,11,14-15,18,23,31H,6-7,9-10,12-13,16H2,1H3,(H,30,32). The first-order valence-corrected chi connectivity index (χ1v) is 11.7. The number of pyridine rings is 1. The molecule has 3 aromatic rings. The van der Waals surface area contributed by atoms with Crippen molar-refractivity contribution in [3.63, 3.8) is 0 Å². The third-order valence-corrected chi connectivity index (χ3v) is 7.46. The average molecular weight is 449 g/mol. The predicted octanol–water partition coefficient (Wildman–Crippen LogP) is 5.36. The van der Waals surface area contributed by atoms with Crippen LogP contribution in [0.15, 0.2) is 48.7 Å². The number of amides is 1. The second kappa shape index (κ2) is 8.75. The summed E-state index contributed by atoms with van der Waals surface area (Å²) < 4.78 is 19.6. The molecule has 5 rings (SSSR count). The van der Waals surface area contributed by atoms with Gasteiger partial charge in [0.25, 0.3) is 0 Å². The number of fused-ring (bicyclic) bond motifs is 1. The number of rotatable bonds is 6. The lowest BCUT2D eigenvalue weighted by Gasteiger charge is -2.30. The van der Waals surface area contributed by atoms with Gasteiger partial charge in [-0.1, -0.05) is 0 Å². The van der Waals surface area contributed by atoms with Gasteiger partial charge in [-0.15, -0.1) is 0 Å². The van der Waals surface area contributed by atoms with E-state index in [-0.39, 0.29) is 36.3 Å². The second-order valence-corrected chi connectivity index (χ2v) is 9.50. The summed E-state index contributed by atoms with van der Waals surface area (Å²) in [6.07, 6.45) is 6.81. The maximum absolute atomic E-state index is 14.2. The number of aliphatic hydroxyl groups is 1. The zero-order valence-electron chi connectivity index (χ0n) is 18.8. The number of carbonyl (C=O) groups is 1. The van der Waals surface area contributed by atoms with E-state index in [9.17, 15) is 9.18 Å². The zero-order valence-corrected chi connectivity index (χ0v) is 18.8. The Bertz CT molecular complexity index is 1170. The molecule has 0 aliphatic heterocycles. The molecule has 1 unspecified atom stereocenters. The van der Waals surface area contributed by atoms with Gasteiger partial charge in [-0.05, 0) is 104 Å². The number of aryl methyl sites for hydroxylation is 1. The van der Waals surface area contributed by atoms with Crippen LogP contribution in [0, 0.1) is 24.1 Å². The number of ether oxygens (including phenoxy) is 1. The van der Waals surface area contributed by atoms with Gasteiger partial charge in [0, 0.05) is 23.2 Å². The first-order chi connectivity index (χ1) is 16.0. The number of aromatic nitrogens is 1. The second-order valence-electron chi connectivity index (χ2n) is 9.50. The maximum atomic E-state index is 14.2. The van der Waals surface area contributed by atoms with E-state index in [0.717, 1.165) is 48.7 Å². The van der Waals surface area contributed by atoms with Crippen LogP contribution in [0.2, 0.25) is 0 Å². The molecule has 172 valence electrons. The van der Waals surface area contributed by atoms with Crippen LogP contribution in [-0.4, -0.2) is 29.2 Å². The number of nitrogens with zero attached hydrogens (tertiary/aromatic N) is 1. The topological polar surface area (TPSA) is 71.5 Å². The minimum absolute atomic E-state index is 0.0307. The Balaban J connectivity index is 1.21. The fourth-order valence-electron chi connectivity index (χ4n) is 5.45. The van der Waals surface area contributed by atoms with Crippen molar-refractivity contribution in [2.24, 2.45) is 11.3 Å². The van der Waals surface area contributed by atoms with Gasteiger partial charge < -0.3 is 15.2 Å². The lowest BCUT2D eigenvalue weighted by molar-refractivity contribution is -0.118. The number of aliphatic hydroxyl groups excluding tert-OH is 1. The Labute approximate surface area is 193 Å². The quantitative estimate of drug-likeness (QED) is 0.533. The van der Waals surface area contributed by atoms with Gasteiger partial charge in [-0.25, -0.2) is 4.39 Å². The van der Waals surface area contributed by atoms with E-state index in [1.165, 1.54) is 5.56 Å². The summed E-state index contributed by atoms with van der Waals surface area (Å²) in [6.45, 7) is 1.99. The minimum Gasteiger partial charge on any atom is -0.491 e. The number of benzene rings is 2.